The van der Waals surface area contributed by atoms with Gasteiger partial charge in [-0.1, -0.05) is 0 Å². The number of hydrogen-bond acceptors (Lipinski definition) is 4. The van der Waals surface area contributed by atoms with Gasteiger partial charge in [0.25, 0.3) is 0 Å². The first-order valence-electron chi connectivity index (χ1n) is 7.83. The van der Waals surface area contributed by atoms with Crippen molar-refractivity contribution < 1.29 is 24.0 Å². The SMILES string of the molecule is COc1ccc(NC(=O)C(=O)NCCC[NH+]2CCOCC2)cc1. The fourth-order valence-corrected chi connectivity index (χ4v) is 2.39. The molecule has 7 heteroatoms. The highest BCUT2D eigenvalue weighted by atomic mass is 16.5. The summed E-state index contributed by atoms with van der Waals surface area (Å²) in [7, 11) is 1.57. The first kappa shape index (κ1) is 17.2. The largest absolute Gasteiger partial charge is 0.497 e. The fraction of sp³-hybridized carbons (Fsp3) is 0.500. The minimum atomic E-state index is -0.658. The number of methoxy groups -OCH3 is 1. The smallest absolute Gasteiger partial charge is 0.313 e. The zero-order valence-corrected chi connectivity index (χ0v) is 13.4. The molecule has 0 bridgehead atoms. The number of rotatable bonds is 6. The van der Waals surface area contributed by atoms with Crippen LogP contribution in [0.5, 0.6) is 5.75 Å². The first-order chi connectivity index (χ1) is 11.2. The van der Waals surface area contributed by atoms with E-state index in [2.05, 4.69) is 10.6 Å². The Hall–Kier alpha value is -2.12. The topological polar surface area (TPSA) is 81.1 Å². The molecule has 0 aromatic heterocycles. The number of carbonyl (C=O) groups excluding carboxylic acids is 2. The van der Waals surface area contributed by atoms with Crippen LogP contribution >= 0.6 is 0 Å². The third-order valence-electron chi connectivity index (χ3n) is 3.75. The van der Waals surface area contributed by atoms with E-state index in [9.17, 15) is 9.59 Å². The van der Waals surface area contributed by atoms with Crippen molar-refractivity contribution in [1.29, 1.82) is 0 Å². The fourth-order valence-electron chi connectivity index (χ4n) is 2.39. The highest BCUT2D eigenvalue weighted by Gasteiger charge is 2.15. The number of morpholine rings is 1. The maximum atomic E-state index is 11.8. The van der Waals surface area contributed by atoms with Crippen LogP contribution in [0.15, 0.2) is 24.3 Å². The van der Waals surface area contributed by atoms with Gasteiger partial charge in [-0.2, -0.15) is 0 Å². The number of ether oxygens (including phenoxy) is 2. The maximum Gasteiger partial charge on any atom is 0.313 e. The lowest BCUT2D eigenvalue weighted by atomic mass is 10.3. The zero-order valence-electron chi connectivity index (χ0n) is 13.4. The predicted octanol–water partition coefficient (Wildman–Crippen LogP) is -0.945. The minimum absolute atomic E-state index is 0.499. The van der Waals surface area contributed by atoms with E-state index >= 15 is 0 Å². The van der Waals surface area contributed by atoms with Crippen molar-refractivity contribution in [3.63, 3.8) is 0 Å². The Morgan fingerprint density at radius 2 is 1.87 bits per heavy atom. The molecule has 23 heavy (non-hydrogen) atoms. The Morgan fingerprint density at radius 1 is 1.17 bits per heavy atom. The quantitative estimate of drug-likeness (QED) is 0.466. The Kier molecular flexibility index (Phi) is 6.83. The Bertz CT molecular complexity index is 513. The van der Waals surface area contributed by atoms with Gasteiger partial charge in [0.2, 0.25) is 0 Å². The number of amides is 2. The van der Waals surface area contributed by atoms with Gasteiger partial charge in [0, 0.05) is 18.7 Å². The van der Waals surface area contributed by atoms with Crippen LogP contribution in [0.1, 0.15) is 6.42 Å². The molecule has 2 rings (SSSR count). The summed E-state index contributed by atoms with van der Waals surface area (Å²) >= 11 is 0. The van der Waals surface area contributed by atoms with Crippen LogP contribution in [0.4, 0.5) is 5.69 Å². The molecular weight excluding hydrogens is 298 g/mol. The maximum absolute atomic E-state index is 11.8. The van der Waals surface area contributed by atoms with Gasteiger partial charge in [-0.25, -0.2) is 0 Å². The van der Waals surface area contributed by atoms with Gasteiger partial charge in [-0.15, -0.1) is 0 Å². The van der Waals surface area contributed by atoms with E-state index in [1.54, 1.807) is 31.4 Å². The van der Waals surface area contributed by atoms with Crippen molar-refractivity contribution in [3.8, 4) is 5.75 Å². The van der Waals surface area contributed by atoms with E-state index < -0.39 is 11.8 Å². The third kappa shape index (κ3) is 5.88. The van der Waals surface area contributed by atoms with Crippen LogP contribution in [0.25, 0.3) is 0 Å². The van der Waals surface area contributed by atoms with Crippen molar-refractivity contribution in [2.24, 2.45) is 0 Å². The van der Waals surface area contributed by atoms with Gasteiger partial charge >= 0.3 is 11.8 Å². The van der Waals surface area contributed by atoms with Crippen LogP contribution in [-0.4, -0.2) is 58.3 Å². The summed E-state index contributed by atoms with van der Waals surface area (Å²) in [4.78, 5) is 25.0. The summed E-state index contributed by atoms with van der Waals surface area (Å²) in [5, 5.41) is 5.20. The molecule has 1 aromatic rings. The standard InChI is InChI=1S/C16H23N3O4/c1-22-14-5-3-13(4-6-14)18-16(21)15(20)17-7-2-8-19-9-11-23-12-10-19/h3-6H,2,7-12H2,1H3,(H,17,20)(H,18,21)/p+1. The van der Waals surface area contributed by atoms with Crippen molar-refractivity contribution >= 4 is 17.5 Å². The molecule has 1 saturated heterocycles. The van der Waals surface area contributed by atoms with Crippen molar-refractivity contribution in [2.45, 2.75) is 6.42 Å². The normalized spacial score (nSPS) is 15.0. The molecule has 0 spiro atoms. The van der Waals surface area contributed by atoms with Crippen molar-refractivity contribution in [3.05, 3.63) is 24.3 Å². The van der Waals surface area contributed by atoms with Crippen molar-refractivity contribution in [2.75, 3.05) is 51.8 Å². The highest BCUT2D eigenvalue weighted by molar-refractivity contribution is 6.39. The van der Waals surface area contributed by atoms with Crippen LogP contribution in [0.3, 0.4) is 0 Å². The van der Waals surface area contributed by atoms with E-state index in [-0.39, 0.29) is 0 Å². The first-order valence-corrected chi connectivity index (χ1v) is 7.83. The molecule has 1 fully saturated rings. The number of carbonyl (C=O) groups is 2. The number of hydrogen-bond donors (Lipinski definition) is 3. The average Bonchev–Trinajstić information content (AvgIpc) is 2.60. The third-order valence-corrected chi connectivity index (χ3v) is 3.75. The molecule has 1 aliphatic heterocycles. The minimum Gasteiger partial charge on any atom is -0.497 e. The van der Waals surface area contributed by atoms with Gasteiger partial charge < -0.3 is 25.0 Å². The molecule has 2 amide bonds. The lowest BCUT2D eigenvalue weighted by Crippen LogP contribution is -3.14. The Morgan fingerprint density at radius 3 is 2.52 bits per heavy atom. The number of quaternary nitrogens is 1. The van der Waals surface area contributed by atoms with E-state index in [0.717, 1.165) is 39.3 Å². The van der Waals surface area contributed by atoms with Gasteiger partial charge in [0.1, 0.15) is 18.8 Å². The van der Waals surface area contributed by atoms with E-state index in [0.29, 0.717) is 18.0 Å². The molecule has 1 heterocycles. The second-order valence-electron chi connectivity index (χ2n) is 5.40. The summed E-state index contributed by atoms with van der Waals surface area (Å²) in [5.74, 6) is -0.579. The molecular formula is C16H24N3O4+. The summed E-state index contributed by atoms with van der Waals surface area (Å²) in [6.45, 7) is 5.08. The van der Waals surface area contributed by atoms with Crippen LogP contribution < -0.4 is 20.3 Å². The van der Waals surface area contributed by atoms with Gasteiger partial charge in [0.05, 0.1) is 26.9 Å². The van der Waals surface area contributed by atoms with Crippen molar-refractivity contribution in [1.82, 2.24) is 5.32 Å². The molecule has 0 atom stereocenters. The summed E-state index contributed by atoms with van der Waals surface area (Å²) in [5.41, 5.74) is 0.559. The lowest BCUT2D eigenvalue weighted by Gasteiger charge is -2.23. The van der Waals surface area contributed by atoms with Crippen LogP contribution in [0, 0.1) is 0 Å². The zero-order chi connectivity index (χ0) is 16.5. The van der Waals surface area contributed by atoms with Gasteiger partial charge in [-0.05, 0) is 24.3 Å². The number of benzene rings is 1. The van der Waals surface area contributed by atoms with Crippen LogP contribution in [-0.2, 0) is 14.3 Å². The molecule has 3 N–H and O–H groups in total. The summed E-state index contributed by atoms with van der Waals surface area (Å²) < 4.78 is 10.3. The molecule has 1 aliphatic rings. The highest BCUT2D eigenvalue weighted by Crippen LogP contribution is 2.14. The lowest BCUT2D eigenvalue weighted by molar-refractivity contribution is -0.908. The monoisotopic (exact) mass is 322 g/mol. The molecule has 7 nitrogen and oxygen atoms in total. The molecule has 0 radical (unpaired) electrons. The molecule has 0 aliphatic carbocycles. The second kappa shape index (κ2) is 9.12. The van der Waals surface area contributed by atoms with E-state index in [1.807, 2.05) is 0 Å². The average molecular weight is 322 g/mol. The second-order valence-corrected chi connectivity index (χ2v) is 5.40. The molecule has 1 aromatic carbocycles. The Labute approximate surface area is 135 Å². The molecule has 0 unspecified atom stereocenters. The van der Waals surface area contributed by atoms with Crippen LogP contribution in [0.2, 0.25) is 0 Å². The van der Waals surface area contributed by atoms with Gasteiger partial charge in [0.15, 0.2) is 0 Å². The molecule has 126 valence electrons. The number of nitrogens with one attached hydrogen (secondary N) is 3. The number of anilines is 1. The van der Waals surface area contributed by atoms with E-state index in [4.69, 9.17) is 9.47 Å². The summed E-state index contributed by atoms with van der Waals surface area (Å²) in [6, 6.07) is 6.81. The van der Waals surface area contributed by atoms with Gasteiger partial charge in [-0.3, -0.25) is 9.59 Å². The van der Waals surface area contributed by atoms with E-state index in [1.165, 1.54) is 4.90 Å². The predicted molar refractivity (Wildman–Crippen MR) is 85.6 cm³/mol. The Balaban J connectivity index is 1.64. The summed E-state index contributed by atoms with van der Waals surface area (Å²) in [6.07, 6.45) is 0.844. The molecule has 0 saturated carbocycles.